The van der Waals surface area contributed by atoms with Gasteiger partial charge in [-0.1, -0.05) is 20.8 Å². The van der Waals surface area contributed by atoms with E-state index in [9.17, 15) is 0 Å². The summed E-state index contributed by atoms with van der Waals surface area (Å²) in [5.74, 6) is 0.970. The van der Waals surface area contributed by atoms with E-state index in [2.05, 4.69) is 45.0 Å². The number of rotatable bonds is 6. The maximum absolute atomic E-state index is 3.62. The van der Waals surface area contributed by atoms with Gasteiger partial charge in [0.15, 0.2) is 0 Å². The van der Waals surface area contributed by atoms with Gasteiger partial charge in [0.05, 0.1) is 0 Å². The van der Waals surface area contributed by atoms with Crippen LogP contribution in [0.2, 0.25) is 0 Å². The molecule has 0 aromatic carbocycles. The van der Waals surface area contributed by atoms with E-state index in [4.69, 9.17) is 0 Å². The number of nitrogens with zero attached hydrogens (tertiary/aromatic N) is 1. The molecule has 0 aromatic heterocycles. The third-order valence-corrected chi connectivity index (χ3v) is 3.03. The molecule has 0 amide bonds. The van der Waals surface area contributed by atoms with Gasteiger partial charge in [-0.2, -0.15) is 0 Å². The number of hydrogen-bond donors (Lipinski definition) is 1. The minimum absolute atomic E-state index is 0.414. The molecule has 0 spiro atoms. The Morgan fingerprint density at radius 3 is 2.40 bits per heavy atom. The molecular weight excluding hydrogens is 184 g/mol. The van der Waals surface area contributed by atoms with E-state index < -0.39 is 0 Å². The Morgan fingerprint density at radius 2 is 1.93 bits per heavy atom. The molecule has 1 aliphatic rings. The number of likely N-dealkylation sites (N-methyl/N-ethyl adjacent to an activating group) is 1. The Balaban J connectivity index is 2.03. The van der Waals surface area contributed by atoms with Crippen molar-refractivity contribution < 1.29 is 0 Å². The monoisotopic (exact) mass is 212 g/mol. The standard InChI is InChI=1S/C13H28N2/c1-11(12-6-7-12)14-8-9-15(5)10-13(2,3)4/h11-12,14H,6-10H2,1-5H3. The van der Waals surface area contributed by atoms with Crippen LogP contribution in [0.15, 0.2) is 0 Å². The lowest BCUT2D eigenvalue weighted by molar-refractivity contribution is 0.224. The van der Waals surface area contributed by atoms with Gasteiger partial charge in [-0.3, -0.25) is 0 Å². The maximum Gasteiger partial charge on any atom is 0.0104 e. The zero-order chi connectivity index (χ0) is 11.5. The molecule has 2 heteroatoms. The Hall–Kier alpha value is -0.0800. The third-order valence-electron chi connectivity index (χ3n) is 3.03. The second kappa shape index (κ2) is 5.31. The van der Waals surface area contributed by atoms with Crippen molar-refractivity contribution in [2.75, 3.05) is 26.7 Å². The van der Waals surface area contributed by atoms with Crippen molar-refractivity contribution in [2.45, 2.75) is 46.6 Å². The van der Waals surface area contributed by atoms with Crippen molar-refractivity contribution >= 4 is 0 Å². The van der Waals surface area contributed by atoms with Crippen LogP contribution in [0.3, 0.4) is 0 Å². The fourth-order valence-corrected chi connectivity index (χ4v) is 2.13. The lowest BCUT2D eigenvalue weighted by Gasteiger charge is -2.27. The van der Waals surface area contributed by atoms with Crippen LogP contribution in [0.5, 0.6) is 0 Å². The Morgan fingerprint density at radius 1 is 1.33 bits per heavy atom. The molecule has 0 radical (unpaired) electrons. The second-order valence-electron chi connectivity index (χ2n) is 6.38. The van der Waals surface area contributed by atoms with E-state index in [1.165, 1.54) is 19.4 Å². The van der Waals surface area contributed by atoms with Gasteiger partial charge in [-0.05, 0) is 38.1 Å². The van der Waals surface area contributed by atoms with E-state index in [1.54, 1.807) is 0 Å². The molecule has 0 aromatic rings. The summed E-state index contributed by atoms with van der Waals surface area (Å²) < 4.78 is 0. The van der Waals surface area contributed by atoms with Crippen molar-refractivity contribution in [1.82, 2.24) is 10.2 Å². The molecule has 1 unspecified atom stereocenters. The summed E-state index contributed by atoms with van der Waals surface area (Å²) in [6.45, 7) is 12.7. The lowest BCUT2D eigenvalue weighted by atomic mass is 9.96. The molecule has 0 aliphatic heterocycles. The van der Waals surface area contributed by atoms with Crippen molar-refractivity contribution in [3.8, 4) is 0 Å². The minimum Gasteiger partial charge on any atom is -0.313 e. The Bertz CT molecular complexity index is 179. The van der Waals surface area contributed by atoms with Crippen LogP contribution in [0.4, 0.5) is 0 Å². The van der Waals surface area contributed by atoms with E-state index >= 15 is 0 Å². The molecule has 0 bridgehead atoms. The van der Waals surface area contributed by atoms with Gasteiger partial charge in [-0.25, -0.2) is 0 Å². The van der Waals surface area contributed by atoms with Crippen LogP contribution in [-0.2, 0) is 0 Å². The zero-order valence-electron chi connectivity index (χ0n) is 11.1. The molecule has 1 aliphatic carbocycles. The highest BCUT2D eigenvalue weighted by Gasteiger charge is 2.27. The average Bonchev–Trinajstić information content (AvgIpc) is 2.81. The zero-order valence-corrected chi connectivity index (χ0v) is 11.1. The molecular formula is C13H28N2. The number of hydrogen-bond acceptors (Lipinski definition) is 2. The topological polar surface area (TPSA) is 15.3 Å². The summed E-state index contributed by atoms with van der Waals surface area (Å²) in [5, 5.41) is 3.62. The van der Waals surface area contributed by atoms with Gasteiger partial charge in [0.1, 0.15) is 0 Å². The van der Waals surface area contributed by atoms with E-state index in [0.717, 1.165) is 25.0 Å². The second-order valence-corrected chi connectivity index (χ2v) is 6.38. The van der Waals surface area contributed by atoms with Gasteiger partial charge < -0.3 is 10.2 Å². The molecule has 15 heavy (non-hydrogen) atoms. The van der Waals surface area contributed by atoms with Gasteiger partial charge in [0.2, 0.25) is 0 Å². The van der Waals surface area contributed by atoms with Gasteiger partial charge >= 0.3 is 0 Å². The first-order valence-corrected chi connectivity index (χ1v) is 6.30. The maximum atomic E-state index is 3.62. The van der Waals surface area contributed by atoms with E-state index in [0.29, 0.717) is 5.41 Å². The predicted molar refractivity (Wildman–Crippen MR) is 67.1 cm³/mol. The fraction of sp³-hybridized carbons (Fsp3) is 1.00. The smallest absolute Gasteiger partial charge is 0.0104 e. The molecule has 2 nitrogen and oxygen atoms in total. The van der Waals surface area contributed by atoms with Crippen LogP contribution < -0.4 is 5.32 Å². The Labute approximate surface area is 95.4 Å². The summed E-state index contributed by atoms with van der Waals surface area (Å²) >= 11 is 0. The highest BCUT2D eigenvalue weighted by atomic mass is 15.1. The van der Waals surface area contributed by atoms with Crippen molar-refractivity contribution in [3.63, 3.8) is 0 Å². The molecule has 0 saturated heterocycles. The van der Waals surface area contributed by atoms with Crippen molar-refractivity contribution in [2.24, 2.45) is 11.3 Å². The summed E-state index contributed by atoms with van der Waals surface area (Å²) in [7, 11) is 2.22. The van der Waals surface area contributed by atoms with Crippen LogP contribution in [0.25, 0.3) is 0 Å². The first kappa shape index (κ1) is 13.0. The minimum atomic E-state index is 0.414. The van der Waals surface area contributed by atoms with Crippen LogP contribution in [0.1, 0.15) is 40.5 Å². The quantitative estimate of drug-likeness (QED) is 0.727. The van der Waals surface area contributed by atoms with Crippen molar-refractivity contribution in [3.05, 3.63) is 0 Å². The van der Waals surface area contributed by atoms with Gasteiger partial charge in [-0.15, -0.1) is 0 Å². The van der Waals surface area contributed by atoms with E-state index in [-0.39, 0.29) is 0 Å². The average molecular weight is 212 g/mol. The SMILES string of the molecule is CC(NCCN(C)CC(C)(C)C)C1CC1. The predicted octanol–water partition coefficient (Wildman–Crippen LogP) is 2.35. The third kappa shape index (κ3) is 6.16. The molecule has 1 atom stereocenters. The summed E-state index contributed by atoms with van der Waals surface area (Å²) in [6, 6.07) is 0.730. The highest BCUT2D eigenvalue weighted by molar-refractivity contribution is 4.83. The highest BCUT2D eigenvalue weighted by Crippen LogP contribution is 2.32. The molecule has 1 fully saturated rings. The van der Waals surface area contributed by atoms with Crippen molar-refractivity contribution in [1.29, 1.82) is 0 Å². The van der Waals surface area contributed by atoms with Gasteiger partial charge in [0.25, 0.3) is 0 Å². The summed E-state index contributed by atoms with van der Waals surface area (Å²) in [6.07, 6.45) is 2.87. The summed E-state index contributed by atoms with van der Waals surface area (Å²) in [4.78, 5) is 2.42. The van der Waals surface area contributed by atoms with Crippen LogP contribution in [-0.4, -0.2) is 37.6 Å². The molecule has 1 rings (SSSR count). The summed E-state index contributed by atoms with van der Waals surface area (Å²) in [5.41, 5.74) is 0.414. The van der Waals surface area contributed by atoms with Gasteiger partial charge in [0, 0.05) is 25.7 Å². The molecule has 1 saturated carbocycles. The molecule has 90 valence electrons. The van der Waals surface area contributed by atoms with Crippen LogP contribution in [0, 0.1) is 11.3 Å². The molecule has 0 heterocycles. The van der Waals surface area contributed by atoms with E-state index in [1.807, 2.05) is 0 Å². The molecule has 1 N–H and O–H groups in total. The lowest BCUT2D eigenvalue weighted by Crippen LogP contribution is -2.38. The number of nitrogens with one attached hydrogen (secondary N) is 1. The first-order valence-electron chi connectivity index (χ1n) is 6.30. The van der Waals surface area contributed by atoms with Crippen LogP contribution >= 0.6 is 0 Å². The first-order chi connectivity index (χ1) is 6.88. The normalized spacial score (nSPS) is 19.6. The largest absolute Gasteiger partial charge is 0.313 e. The fourth-order valence-electron chi connectivity index (χ4n) is 2.13. The Kier molecular flexibility index (Phi) is 4.60.